The Morgan fingerprint density at radius 2 is 1.89 bits per heavy atom. The molecular formula is C17H21NO. The van der Waals surface area contributed by atoms with E-state index < -0.39 is 11.0 Å². The maximum Gasteiger partial charge on any atom is 0.109 e. The van der Waals surface area contributed by atoms with Crippen molar-refractivity contribution in [1.29, 1.82) is 5.26 Å². The lowest BCUT2D eigenvalue weighted by Gasteiger charge is -2.43. The van der Waals surface area contributed by atoms with Gasteiger partial charge in [-0.25, -0.2) is 0 Å². The monoisotopic (exact) mass is 255 g/mol. The zero-order chi connectivity index (χ0) is 13.5. The maximum atomic E-state index is 11.3. The molecule has 100 valence electrons. The maximum absolute atomic E-state index is 11.3. The molecule has 0 saturated heterocycles. The molecule has 0 aromatic heterocycles. The van der Waals surface area contributed by atoms with Crippen LogP contribution in [0.2, 0.25) is 0 Å². The molecule has 19 heavy (non-hydrogen) atoms. The fourth-order valence-electron chi connectivity index (χ4n) is 4.01. The van der Waals surface area contributed by atoms with E-state index >= 15 is 0 Å². The minimum atomic E-state index is -0.927. The van der Waals surface area contributed by atoms with E-state index in [9.17, 15) is 10.4 Å². The fourth-order valence-corrected chi connectivity index (χ4v) is 4.01. The summed E-state index contributed by atoms with van der Waals surface area (Å²) in [5, 5.41) is 21.1. The number of nitriles is 1. The molecule has 0 bridgehead atoms. The molecule has 0 aliphatic heterocycles. The third-order valence-corrected chi connectivity index (χ3v) is 5.18. The van der Waals surface area contributed by atoms with Gasteiger partial charge in [-0.15, -0.1) is 0 Å². The van der Waals surface area contributed by atoms with Crippen molar-refractivity contribution in [3.05, 3.63) is 34.9 Å². The van der Waals surface area contributed by atoms with Gasteiger partial charge in [0.15, 0.2) is 0 Å². The Kier molecular flexibility index (Phi) is 2.91. The van der Waals surface area contributed by atoms with E-state index in [1.165, 1.54) is 17.5 Å². The van der Waals surface area contributed by atoms with E-state index in [0.29, 0.717) is 6.42 Å². The van der Waals surface area contributed by atoms with Crippen LogP contribution in [0, 0.1) is 23.7 Å². The van der Waals surface area contributed by atoms with Crippen molar-refractivity contribution in [3.63, 3.8) is 0 Å². The predicted molar refractivity (Wildman–Crippen MR) is 74.5 cm³/mol. The molecule has 1 unspecified atom stereocenters. The zero-order valence-corrected chi connectivity index (χ0v) is 11.6. The molecule has 1 saturated carbocycles. The first-order valence-corrected chi connectivity index (χ1v) is 7.35. The Morgan fingerprint density at radius 3 is 2.58 bits per heavy atom. The lowest BCUT2D eigenvalue weighted by molar-refractivity contribution is -0.0774. The van der Waals surface area contributed by atoms with Crippen LogP contribution in [0.3, 0.4) is 0 Å². The number of fused-ring (bicyclic) bond motifs is 1. The Bertz CT molecular complexity index is 537. The third-order valence-electron chi connectivity index (χ3n) is 5.18. The van der Waals surface area contributed by atoms with Gasteiger partial charge in [-0.2, -0.15) is 5.26 Å². The van der Waals surface area contributed by atoms with Crippen molar-refractivity contribution < 1.29 is 5.11 Å². The standard InChI is InChI=1S/C17H21NO/c1-13-5-6-14-7-10-17(19,15(14)11-13)16(12-18)8-3-2-4-9-16/h5-6,11,19H,2-4,7-10H2,1H3. The van der Waals surface area contributed by atoms with Crippen LogP contribution < -0.4 is 0 Å². The highest BCUT2D eigenvalue weighted by atomic mass is 16.3. The van der Waals surface area contributed by atoms with Gasteiger partial charge in [-0.3, -0.25) is 0 Å². The summed E-state index contributed by atoms with van der Waals surface area (Å²) in [6.07, 6.45) is 6.61. The van der Waals surface area contributed by atoms with Crippen LogP contribution in [-0.4, -0.2) is 5.11 Å². The van der Waals surface area contributed by atoms with Gasteiger partial charge in [0.1, 0.15) is 5.60 Å². The first kappa shape index (κ1) is 12.7. The van der Waals surface area contributed by atoms with Gasteiger partial charge in [0.2, 0.25) is 0 Å². The topological polar surface area (TPSA) is 44.0 Å². The summed E-state index contributed by atoms with van der Waals surface area (Å²) in [5.41, 5.74) is 1.93. The summed E-state index contributed by atoms with van der Waals surface area (Å²) in [6, 6.07) is 8.83. The van der Waals surface area contributed by atoms with Gasteiger partial charge in [0, 0.05) is 0 Å². The van der Waals surface area contributed by atoms with Crippen molar-refractivity contribution in [1.82, 2.24) is 0 Å². The summed E-state index contributed by atoms with van der Waals surface area (Å²) in [6.45, 7) is 2.05. The van der Waals surface area contributed by atoms with E-state index in [2.05, 4.69) is 31.2 Å². The minimum absolute atomic E-state index is 0.565. The Labute approximate surface area is 115 Å². The molecule has 2 heteroatoms. The van der Waals surface area contributed by atoms with Crippen LogP contribution >= 0.6 is 0 Å². The second-order valence-electron chi connectivity index (χ2n) is 6.28. The molecule has 0 amide bonds. The van der Waals surface area contributed by atoms with E-state index in [1.807, 2.05) is 0 Å². The van der Waals surface area contributed by atoms with Gasteiger partial charge in [-0.05, 0) is 43.7 Å². The lowest BCUT2D eigenvalue weighted by Crippen LogP contribution is -2.44. The molecule has 1 fully saturated rings. The van der Waals surface area contributed by atoms with E-state index in [-0.39, 0.29) is 0 Å². The Balaban J connectivity index is 2.10. The molecule has 0 radical (unpaired) electrons. The molecule has 1 aromatic carbocycles. The predicted octanol–water partition coefficient (Wildman–Crippen LogP) is 3.60. The third kappa shape index (κ3) is 1.72. The smallest absolute Gasteiger partial charge is 0.109 e. The van der Waals surface area contributed by atoms with E-state index in [1.54, 1.807) is 0 Å². The van der Waals surface area contributed by atoms with Crippen molar-refractivity contribution in [2.24, 2.45) is 5.41 Å². The first-order valence-electron chi connectivity index (χ1n) is 7.35. The molecule has 2 aliphatic rings. The van der Waals surface area contributed by atoms with Crippen LogP contribution in [0.1, 0.15) is 55.2 Å². The van der Waals surface area contributed by atoms with Gasteiger partial charge < -0.3 is 5.11 Å². The van der Waals surface area contributed by atoms with Gasteiger partial charge in [-0.1, -0.05) is 43.0 Å². The average Bonchev–Trinajstić information content (AvgIpc) is 2.78. The van der Waals surface area contributed by atoms with Crippen LogP contribution in [-0.2, 0) is 12.0 Å². The molecule has 2 nitrogen and oxygen atoms in total. The summed E-state index contributed by atoms with van der Waals surface area (Å²) >= 11 is 0. The molecular weight excluding hydrogens is 234 g/mol. The average molecular weight is 255 g/mol. The molecule has 0 spiro atoms. The summed E-state index contributed by atoms with van der Waals surface area (Å²) in [5.74, 6) is 0. The van der Waals surface area contributed by atoms with Crippen LogP contribution in [0.5, 0.6) is 0 Å². The zero-order valence-electron chi connectivity index (χ0n) is 11.6. The van der Waals surface area contributed by atoms with Crippen molar-refractivity contribution in [3.8, 4) is 6.07 Å². The lowest BCUT2D eigenvalue weighted by atomic mass is 9.62. The van der Waals surface area contributed by atoms with Crippen molar-refractivity contribution >= 4 is 0 Å². The summed E-state index contributed by atoms with van der Waals surface area (Å²) in [4.78, 5) is 0. The molecule has 3 rings (SSSR count). The van der Waals surface area contributed by atoms with Crippen LogP contribution in [0.4, 0.5) is 0 Å². The minimum Gasteiger partial charge on any atom is -0.383 e. The number of hydrogen-bond acceptors (Lipinski definition) is 2. The number of nitrogens with zero attached hydrogens (tertiary/aromatic N) is 1. The highest BCUT2D eigenvalue weighted by Gasteiger charge is 2.54. The van der Waals surface area contributed by atoms with E-state index in [0.717, 1.165) is 37.7 Å². The molecule has 2 aliphatic carbocycles. The molecule has 1 N–H and O–H groups in total. The van der Waals surface area contributed by atoms with Crippen molar-refractivity contribution in [2.75, 3.05) is 0 Å². The second kappa shape index (κ2) is 4.35. The molecule has 1 atom stereocenters. The number of hydrogen-bond donors (Lipinski definition) is 1. The number of rotatable bonds is 1. The van der Waals surface area contributed by atoms with Crippen molar-refractivity contribution in [2.45, 2.75) is 57.5 Å². The number of benzene rings is 1. The highest BCUT2D eigenvalue weighted by Crippen LogP contribution is 2.55. The van der Waals surface area contributed by atoms with E-state index in [4.69, 9.17) is 0 Å². The fraction of sp³-hybridized carbons (Fsp3) is 0.588. The molecule has 1 aromatic rings. The quantitative estimate of drug-likeness (QED) is 0.833. The highest BCUT2D eigenvalue weighted by molar-refractivity contribution is 5.43. The Morgan fingerprint density at radius 1 is 1.16 bits per heavy atom. The SMILES string of the molecule is Cc1ccc2c(c1)C(O)(C1(C#N)CCCCC1)CC2. The van der Waals surface area contributed by atoms with Crippen LogP contribution in [0.25, 0.3) is 0 Å². The Hall–Kier alpha value is -1.33. The summed E-state index contributed by atoms with van der Waals surface area (Å²) < 4.78 is 0. The second-order valence-corrected chi connectivity index (χ2v) is 6.28. The summed E-state index contributed by atoms with van der Waals surface area (Å²) in [7, 11) is 0. The van der Waals surface area contributed by atoms with Gasteiger partial charge >= 0.3 is 0 Å². The van der Waals surface area contributed by atoms with Gasteiger partial charge in [0.05, 0.1) is 11.5 Å². The first-order chi connectivity index (χ1) is 9.11. The van der Waals surface area contributed by atoms with Crippen LogP contribution in [0.15, 0.2) is 18.2 Å². The number of aryl methyl sites for hydroxylation is 2. The van der Waals surface area contributed by atoms with Gasteiger partial charge in [0.25, 0.3) is 0 Å². The molecule has 0 heterocycles. The largest absolute Gasteiger partial charge is 0.383 e. The number of aliphatic hydroxyl groups is 1. The normalized spacial score (nSPS) is 28.7.